The molecule has 0 saturated carbocycles. The number of para-hydroxylation sites is 2. The number of anilines is 2. The molecular weight excluding hydrogens is 463 g/mol. The molecule has 1 heterocycles. The Hall–Kier alpha value is -3.27. The molecule has 0 unspecified atom stereocenters. The van der Waals surface area contributed by atoms with Crippen LogP contribution in [0.2, 0.25) is 5.02 Å². The number of likely N-dealkylation sites (N-methyl/N-ethyl adjacent to an activating group) is 1. The largest absolute Gasteiger partial charge is 0.479 e. The molecule has 33 heavy (non-hydrogen) atoms. The topological polar surface area (TPSA) is 79.0 Å². The van der Waals surface area contributed by atoms with E-state index in [4.69, 9.17) is 16.3 Å². The Balaban J connectivity index is 1.58. The summed E-state index contributed by atoms with van der Waals surface area (Å²) >= 11 is 5.57. The summed E-state index contributed by atoms with van der Waals surface area (Å²) in [5.41, 5.74) is -0.616. The number of carbonyl (C=O) groups excluding carboxylic acids is 3. The van der Waals surface area contributed by atoms with E-state index in [1.54, 1.807) is 31.2 Å². The number of halogens is 4. The Bertz CT molecular complexity index is 1080. The van der Waals surface area contributed by atoms with Crippen molar-refractivity contribution in [3.8, 4) is 5.75 Å². The predicted octanol–water partition coefficient (Wildman–Crippen LogP) is 3.96. The zero-order valence-corrected chi connectivity index (χ0v) is 18.5. The van der Waals surface area contributed by atoms with Crippen LogP contribution < -0.4 is 15.0 Å². The van der Waals surface area contributed by atoms with E-state index >= 15 is 0 Å². The van der Waals surface area contributed by atoms with E-state index in [-0.39, 0.29) is 31.1 Å². The molecule has 3 amide bonds. The van der Waals surface area contributed by atoms with Gasteiger partial charge in [-0.25, -0.2) is 0 Å². The molecule has 0 fully saturated rings. The molecule has 2 aromatic carbocycles. The normalized spacial score (nSPS) is 15.5. The third-order valence-corrected chi connectivity index (χ3v) is 5.31. The first-order chi connectivity index (χ1) is 15.5. The Labute approximate surface area is 193 Å². The summed E-state index contributed by atoms with van der Waals surface area (Å²) in [6.45, 7) is 1.32. The van der Waals surface area contributed by atoms with Crippen LogP contribution in [0.15, 0.2) is 42.5 Å². The molecular formula is C22H21ClF3N3O4. The monoisotopic (exact) mass is 483 g/mol. The lowest BCUT2D eigenvalue weighted by Gasteiger charge is -2.33. The molecule has 0 saturated heterocycles. The first-order valence-corrected chi connectivity index (χ1v) is 10.3. The summed E-state index contributed by atoms with van der Waals surface area (Å²) in [6.07, 6.45) is -5.42. The van der Waals surface area contributed by atoms with Gasteiger partial charge >= 0.3 is 6.18 Å². The first-order valence-electron chi connectivity index (χ1n) is 9.95. The van der Waals surface area contributed by atoms with Gasteiger partial charge in [-0.05, 0) is 37.3 Å². The molecule has 11 heteroatoms. The number of ether oxygens (including phenoxy) is 1. The molecule has 3 rings (SSSR count). The third-order valence-electron chi connectivity index (χ3n) is 4.98. The number of carbonyl (C=O) groups is 3. The van der Waals surface area contributed by atoms with Crippen LogP contribution in [0.5, 0.6) is 5.75 Å². The second-order valence-corrected chi connectivity index (χ2v) is 7.87. The van der Waals surface area contributed by atoms with E-state index in [9.17, 15) is 27.6 Å². The van der Waals surface area contributed by atoms with Gasteiger partial charge in [-0.15, -0.1) is 0 Å². The SMILES string of the molecule is C[C@@H]1Oc2ccccc2N(CCC(=O)N(C)CC(=O)Nc2ccc(Cl)c(C(F)(F)F)c2)C1=O. The van der Waals surface area contributed by atoms with Crippen molar-refractivity contribution >= 4 is 40.7 Å². The number of fused-ring (bicyclic) bond motifs is 1. The maximum atomic E-state index is 13.0. The van der Waals surface area contributed by atoms with Crippen LogP contribution in [-0.2, 0) is 20.6 Å². The Morgan fingerprint density at radius 1 is 1.21 bits per heavy atom. The van der Waals surface area contributed by atoms with Gasteiger partial charge in [0.25, 0.3) is 5.91 Å². The summed E-state index contributed by atoms with van der Waals surface area (Å²) < 4.78 is 44.5. The minimum absolute atomic E-state index is 0.0598. The summed E-state index contributed by atoms with van der Waals surface area (Å²) in [5, 5.41) is 1.84. The van der Waals surface area contributed by atoms with Gasteiger partial charge in [0.2, 0.25) is 11.8 Å². The highest BCUT2D eigenvalue weighted by molar-refractivity contribution is 6.31. The molecule has 2 aromatic rings. The van der Waals surface area contributed by atoms with Gasteiger partial charge in [0.1, 0.15) is 5.75 Å². The Morgan fingerprint density at radius 2 is 1.91 bits per heavy atom. The molecule has 0 radical (unpaired) electrons. The highest BCUT2D eigenvalue weighted by Gasteiger charge is 2.34. The van der Waals surface area contributed by atoms with Crippen LogP contribution >= 0.6 is 11.6 Å². The smallest absolute Gasteiger partial charge is 0.417 e. The summed E-state index contributed by atoms with van der Waals surface area (Å²) in [6, 6.07) is 9.96. The van der Waals surface area contributed by atoms with Crippen molar-refractivity contribution in [3.63, 3.8) is 0 Å². The molecule has 1 aliphatic heterocycles. The minimum Gasteiger partial charge on any atom is -0.479 e. The van der Waals surface area contributed by atoms with Gasteiger partial charge in [-0.2, -0.15) is 13.2 Å². The van der Waals surface area contributed by atoms with Crippen molar-refractivity contribution in [1.82, 2.24) is 4.90 Å². The fraction of sp³-hybridized carbons (Fsp3) is 0.318. The van der Waals surface area contributed by atoms with Crippen LogP contribution in [0.3, 0.4) is 0 Å². The van der Waals surface area contributed by atoms with E-state index in [2.05, 4.69) is 5.32 Å². The quantitative estimate of drug-likeness (QED) is 0.674. The lowest BCUT2D eigenvalue weighted by Crippen LogP contribution is -2.46. The molecule has 1 aliphatic rings. The zero-order chi connectivity index (χ0) is 24.3. The second-order valence-electron chi connectivity index (χ2n) is 7.46. The lowest BCUT2D eigenvalue weighted by atomic mass is 10.1. The molecule has 7 nitrogen and oxygen atoms in total. The number of hydrogen-bond acceptors (Lipinski definition) is 4. The Morgan fingerprint density at radius 3 is 2.61 bits per heavy atom. The first kappa shape index (κ1) is 24.4. The van der Waals surface area contributed by atoms with E-state index in [0.717, 1.165) is 17.0 Å². The predicted molar refractivity (Wildman–Crippen MR) is 116 cm³/mol. The second kappa shape index (κ2) is 9.70. The minimum atomic E-state index is -4.67. The van der Waals surface area contributed by atoms with Crippen LogP contribution in [-0.4, -0.2) is 48.9 Å². The number of nitrogens with one attached hydrogen (secondary N) is 1. The van der Waals surface area contributed by atoms with Gasteiger partial charge in [-0.1, -0.05) is 23.7 Å². The third kappa shape index (κ3) is 5.75. The van der Waals surface area contributed by atoms with Crippen LogP contribution in [0.25, 0.3) is 0 Å². The number of benzene rings is 2. The molecule has 1 N–H and O–H groups in total. The standard InChI is InChI=1S/C22H21ClF3N3O4/c1-13-21(32)29(17-5-3-4-6-18(17)33-13)10-9-20(31)28(2)12-19(30)27-14-7-8-16(23)15(11-14)22(24,25)26/h3-8,11,13H,9-10,12H2,1-2H3,(H,27,30)/t13-/m0/s1. The van der Waals surface area contributed by atoms with Gasteiger partial charge < -0.3 is 19.9 Å². The van der Waals surface area contributed by atoms with Crippen molar-refractivity contribution in [2.24, 2.45) is 0 Å². The molecule has 0 aliphatic carbocycles. The fourth-order valence-corrected chi connectivity index (χ4v) is 3.54. The van der Waals surface area contributed by atoms with Crippen molar-refractivity contribution in [2.45, 2.75) is 25.6 Å². The maximum absolute atomic E-state index is 13.0. The molecule has 1 atom stereocenters. The number of rotatable bonds is 6. The number of alkyl halides is 3. The van der Waals surface area contributed by atoms with Gasteiger partial charge in [0.15, 0.2) is 6.10 Å². The molecule has 0 bridgehead atoms. The number of hydrogen-bond donors (Lipinski definition) is 1. The van der Waals surface area contributed by atoms with Crippen molar-refractivity contribution in [2.75, 3.05) is 30.4 Å². The average Bonchev–Trinajstić information content (AvgIpc) is 2.74. The van der Waals surface area contributed by atoms with Crippen LogP contribution in [0, 0.1) is 0 Å². The van der Waals surface area contributed by atoms with Crippen LogP contribution in [0.1, 0.15) is 18.9 Å². The van der Waals surface area contributed by atoms with E-state index < -0.39 is 34.7 Å². The van der Waals surface area contributed by atoms with Crippen molar-refractivity contribution in [1.29, 1.82) is 0 Å². The zero-order valence-electron chi connectivity index (χ0n) is 17.8. The van der Waals surface area contributed by atoms with E-state index in [1.165, 1.54) is 18.0 Å². The highest BCUT2D eigenvalue weighted by Crippen LogP contribution is 2.36. The summed E-state index contributed by atoms with van der Waals surface area (Å²) in [5.74, 6) is -0.847. The van der Waals surface area contributed by atoms with Crippen molar-refractivity contribution < 1.29 is 32.3 Å². The number of amides is 3. The van der Waals surface area contributed by atoms with E-state index in [0.29, 0.717) is 11.4 Å². The summed E-state index contributed by atoms with van der Waals surface area (Å²) in [4.78, 5) is 39.8. The number of nitrogens with zero attached hydrogens (tertiary/aromatic N) is 2. The fourth-order valence-electron chi connectivity index (χ4n) is 3.31. The summed E-state index contributed by atoms with van der Waals surface area (Å²) in [7, 11) is 1.39. The van der Waals surface area contributed by atoms with Gasteiger partial charge in [0.05, 0.1) is 22.8 Å². The highest BCUT2D eigenvalue weighted by atomic mass is 35.5. The van der Waals surface area contributed by atoms with E-state index in [1.807, 2.05) is 0 Å². The van der Waals surface area contributed by atoms with Crippen LogP contribution in [0.4, 0.5) is 24.5 Å². The van der Waals surface area contributed by atoms with Crippen molar-refractivity contribution in [3.05, 3.63) is 53.1 Å². The van der Waals surface area contributed by atoms with Gasteiger partial charge in [0, 0.05) is 25.7 Å². The molecule has 0 aromatic heterocycles. The van der Waals surface area contributed by atoms with Gasteiger partial charge in [-0.3, -0.25) is 14.4 Å². The molecule has 0 spiro atoms. The molecule has 176 valence electrons. The maximum Gasteiger partial charge on any atom is 0.417 e. The lowest BCUT2D eigenvalue weighted by molar-refractivity contribution is -0.137. The average molecular weight is 484 g/mol. The Kier molecular flexibility index (Phi) is 7.16.